The first kappa shape index (κ1) is 15.1. The Balaban J connectivity index is 2.79. The average molecular weight is 315 g/mol. The molecule has 1 unspecified atom stereocenters. The van der Waals surface area contributed by atoms with E-state index < -0.39 is 0 Å². The molecule has 0 aromatic heterocycles. The highest BCUT2D eigenvalue weighted by Gasteiger charge is 2.16. The van der Waals surface area contributed by atoms with Crippen LogP contribution in [0.25, 0.3) is 0 Å². The summed E-state index contributed by atoms with van der Waals surface area (Å²) in [6, 6.07) is 5.62. The van der Waals surface area contributed by atoms with Crippen LogP contribution in [-0.4, -0.2) is 18.0 Å². The summed E-state index contributed by atoms with van der Waals surface area (Å²) in [4.78, 5) is 10.5. The largest absolute Gasteiger partial charge is 0.317 e. The molecule has 0 spiro atoms. The Kier molecular flexibility index (Phi) is 5.75. The van der Waals surface area contributed by atoms with E-state index in [-0.39, 0.29) is 10.6 Å². The Hall–Kier alpha value is -0.940. The van der Waals surface area contributed by atoms with E-state index in [2.05, 4.69) is 35.1 Å². The van der Waals surface area contributed by atoms with Crippen molar-refractivity contribution in [3.8, 4) is 0 Å². The number of nitrogens with one attached hydrogen (secondary N) is 1. The maximum atomic E-state index is 10.8. The van der Waals surface area contributed by atoms with E-state index >= 15 is 0 Å². The second-order valence-electron chi connectivity index (χ2n) is 4.69. The minimum absolute atomic E-state index is 0.137. The van der Waals surface area contributed by atoms with Crippen molar-refractivity contribution in [2.45, 2.75) is 32.7 Å². The second kappa shape index (κ2) is 6.85. The van der Waals surface area contributed by atoms with Crippen molar-refractivity contribution in [1.82, 2.24) is 5.32 Å². The van der Waals surface area contributed by atoms with Crippen molar-refractivity contribution in [3.63, 3.8) is 0 Å². The molecule has 0 heterocycles. The van der Waals surface area contributed by atoms with Gasteiger partial charge in [-0.05, 0) is 47.3 Å². The topological polar surface area (TPSA) is 55.2 Å². The van der Waals surface area contributed by atoms with Gasteiger partial charge in [0, 0.05) is 12.1 Å². The fourth-order valence-corrected chi connectivity index (χ4v) is 2.63. The molecule has 0 bridgehead atoms. The van der Waals surface area contributed by atoms with Gasteiger partial charge in [0.05, 0.1) is 9.40 Å². The molecule has 0 radical (unpaired) electrons. The molecule has 0 aliphatic carbocycles. The average Bonchev–Trinajstić information content (AvgIpc) is 2.31. The minimum Gasteiger partial charge on any atom is -0.317 e. The Bertz CT molecular complexity index is 421. The van der Waals surface area contributed by atoms with Crippen LogP contribution in [0, 0.1) is 16.0 Å². The highest BCUT2D eigenvalue weighted by atomic mass is 79.9. The first-order chi connectivity index (χ1) is 8.47. The molecular weight excluding hydrogens is 296 g/mol. The van der Waals surface area contributed by atoms with Crippen LogP contribution in [-0.2, 0) is 6.42 Å². The summed E-state index contributed by atoms with van der Waals surface area (Å²) >= 11 is 3.33. The summed E-state index contributed by atoms with van der Waals surface area (Å²) in [6.45, 7) is 4.34. The third-order valence-corrected chi connectivity index (χ3v) is 4.07. The fraction of sp³-hybridized carbons (Fsp3) is 0.538. The van der Waals surface area contributed by atoms with Crippen LogP contribution in [0.5, 0.6) is 0 Å². The SMILES string of the molecule is CNC(CCc1cccc([N+](=O)[O-])c1Br)C(C)C. The van der Waals surface area contributed by atoms with E-state index in [4.69, 9.17) is 0 Å². The maximum Gasteiger partial charge on any atom is 0.283 e. The zero-order valence-electron chi connectivity index (χ0n) is 10.9. The molecule has 0 aliphatic rings. The summed E-state index contributed by atoms with van der Waals surface area (Å²) in [5, 5.41) is 14.1. The van der Waals surface area contributed by atoms with Gasteiger partial charge in [-0.1, -0.05) is 26.0 Å². The lowest BCUT2D eigenvalue weighted by molar-refractivity contribution is -0.385. The number of aryl methyl sites for hydroxylation is 1. The van der Waals surface area contributed by atoms with Crippen molar-refractivity contribution in [1.29, 1.82) is 0 Å². The van der Waals surface area contributed by atoms with Crippen molar-refractivity contribution >= 4 is 21.6 Å². The number of nitro benzene ring substituents is 1. The fourth-order valence-electron chi connectivity index (χ4n) is 2.02. The Labute approximate surface area is 116 Å². The van der Waals surface area contributed by atoms with Crippen molar-refractivity contribution in [3.05, 3.63) is 38.3 Å². The van der Waals surface area contributed by atoms with Gasteiger partial charge in [-0.2, -0.15) is 0 Å². The molecule has 100 valence electrons. The molecule has 0 fully saturated rings. The molecule has 1 aromatic rings. The molecule has 18 heavy (non-hydrogen) atoms. The molecular formula is C13H19BrN2O2. The standard InChI is InChI=1S/C13H19BrN2O2/c1-9(2)11(15-3)8-7-10-5-4-6-12(13(10)14)16(17)18/h4-6,9,11,15H,7-8H2,1-3H3. The molecule has 1 N–H and O–H groups in total. The molecule has 0 saturated carbocycles. The number of benzene rings is 1. The first-order valence-corrected chi connectivity index (χ1v) is 6.85. The van der Waals surface area contributed by atoms with Gasteiger partial charge in [0.2, 0.25) is 0 Å². The number of hydrogen-bond donors (Lipinski definition) is 1. The van der Waals surface area contributed by atoms with Gasteiger partial charge in [-0.3, -0.25) is 10.1 Å². The minimum atomic E-state index is -0.356. The Morgan fingerprint density at radius 2 is 2.11 bits per heavy atom. The lowest BCUT2D eigenvalue weighted by Gasteiger charge is -2.20. The molecule has 1 rings (SSSR count). The van der Waals surface area contributed by atoms with E-state index in [0.717, 1.165) is 18.4 Å². The summed E-state index contributed by atoms with van der Waals surface area (Å²) in [5.74, 6) is 0.549. The van der Waals surface area contributed by atoms with Crippen LogP contribution < -0.4 is 5.32 Å². The molecule has 1 atom stereocenters. The van der Waals surface area contributed by atoms with Crippen molar-refractivity contribution < 1.29 is 4.92 Å². The van der Waals surface area contributed by atoms with Crippen LogP contribution in [0.4, 0.5) is 5.69 Å². The smallest absolute Gasteiger partial charge is 0.283 e. The van der Waals surface area contributed by atoms with E-state index in [0.29, 0.717) is 16.4 Å². The lowest BCUT2D eigenvalue weighted by Crippen LogP contribution is -2.31. The normalized spacial score (nSPS) is 12.7. The Morgan fingerprint density at radius 1 is 1.44 bits per heavy atom. The van der Waals surface area contributed by atoms with Gasteiger partial charge in [0.25, 0.3) is 5.69 Å². The van der Waals surface area contributed by atoms with E-state index in [1.165, 1.54) is 6.07 Å². The summed E-state index contributed by atoms with van der Waals surface area (Å²) in [5.41, 5.74) is 1.13. The van der Waals surface area contributed by atoms with Gasteiger partial charge in [-0.15, -0.1) is 0 Å². The molecule has 0 amide bonds. The van der Waals surface area contributed by atoms with Crippen LogP contribution in [0.2, 0.25) is 0 Å². The zero-order valence-corrected chi connectivity index (χ0v) is 12.5. The highest BCUT2D eigenvalue weighted by Crippen LogP contribution is 2.29. The van der Waals surface area contributed by atoms with E-state index in [9.17, 15) is 10.1 Å². The molecule has 0 saturated heterocycles. The quantitative estimate of drug-likeness (QED) is 0.645. The number of halogens is 1. The van der Waals surface area contributed by atoms with E-state index in [1.54, 1.807) is 6.07 Å². The second-order valence-corrected chi connectivity index (χ2v) is 5.48. The molecule has 0 aliphatic heterocycles. The summed E-state index contributed by atoms with van der Waals surface area (Å²) in [6.07, 6.45) is 1.79. The highest BCUT2D eigenvalue weighted by molar-refractivity contribution is 9.10. The van der Waals surface area contributed by atoms with Gasteiger partial charge in [0.1, 0.15) is 0 Å². The van der Waals surface area contributed by atoms with Crippen LogP contribution in [0.15, 0.2) is 22.7 Å². The van der Waals surface area contributed by atoms with Crippen LogP contribution in [0.1, 0.15) is 25.8 Å². The van der Waals surface area contributed by atoms with E-state index in [1.807, 2.05) is 13.1 Å². The summed E-state index contributed by atoms with van der Waals surface area (Å²) in [7, 11) is 1.95. The molecule has 1 aromatic carbocycles. The van der Waals surface area contributed by atoms with Crippen LogP contribution >= 0.6 is 15.9 Å². The third kappa shape index (κ3) is 3.78. The molecule has 4 nitrogen and oxygen atoms in total. The summed E-state index contributed by atoms with van der Waals surface area (Å²) < 4.78 is 0.605. The van der Waals surface area contributed by atoms with Gasteiger partial charge in [-0.25, -0.2) is 0 Å². The van der Waals surface area contributed by atoms with Crippen LogP contribution in [0.3, 0.4) is 0 Å². The zero-order chi connectivity index (χ0) is 13.7. The van der Waals surface area contributed by atoms with Crippen molar-refractivity contribution in [2.75, 3.05) is 7.05 Å². The number of nitrogens with zero attached hydrogens (tertiary/aromatic N) is 1. The van der Waals surface area contributed by atoms with Gasteiger partial charge < -0.3 is 5.32 Å². The number of rotatable bonds is 6. The predicted octanol–water partition coefficient (Wildman–Crippen LogP) is 3.53. The maximum absolute atomic E-state index is 10.8. The molecule has 5 heteroatoms. The number of hydrogen-bond acceptors (Lipinski definition) is 3. The van der Waals surface area contributed by atoms with Gasteiger partial charge >= 0.3 is 0 Å². The number of nitro groups is 1. The van der Waals surface area contributed by atoms with Gasteiger partial charge in [0.15, 0.2) is 0 Å². The third-order valence-electron chi connectivity index (χ3n) is 3.16. The predicted molar refractivity (Wildman–Crippen MR) is 76.8 cm³/mol. The van der Waals surface area contributed by atoms with Crippen molar-refractivity contribution in [2.24, 2.45) is 5.92 Å². The lowest BCUT2D eigenvalue weighted by atomic mass is 9.97. The Morgan fingerprint density at radius 3 is 2.61 bits per heavy atom. The first-order valence-electron chi connectivity index (χ1n) is 6.06. The monoisotopic (exact) mass is 314 g/mol.